The second-order valence-electron chi connectivity index (χ2n) is 6.00. The normalized spacial score (nSPS) is 26.3. The van der Waals surface area contributed by atoms with Crippen molar-refractivity contribution in [1.29, 1.82) is 0 Å². The number of nitrogens with zero attached hydrogens (tertiary/aromatic N) is 2. The molecule has 0 spiro atoms. The number of aryl methyl sites for hydroxylation is 1. The van der Waals surface area contributed by atoms with Crippen molar-refractivity contribution in [3.8, 4) is 0 Å². The van der Waals surface area contributed by atoms with Crippen molar-refractivity contribution in [1.82, 2.24) is 10.3 Å². The van der Waals surface area contributed by atoms with E-state index in [0.29, 0.717) is 12.0 Å². The first-order valence-electron chi connectivity index (χ1n) is 7.73. The molecular formula is C15H25N3OS. The van der Waals surface area contributed by atoms with Gasteiger partial charge in [-0.2, -0.15) is 0 Å². The third-order valence-electron chi connectivity index (χ3n) is 4.40. The standard InChI is InChI=1S/C15H25N3OS/c1-16-12-6-3-7-13-14(12)17-15(20-13)18(2)9-11-5-4-8-19-10-11/h11-12,16H,3-10H2,1-2H3. The highest BCUT2D eigenvalue weighted by Crippen LogP contribution is 2.36. The van der Waals surface area contributed by atoms with E-state index in [9.17, 15) is 0 Å². The number of ether oxygens (including phenoxy) is 1. The molecule has 0 saturated carbocycles. The molecule has 1 aliphatic heterocycles. The van der Waals surface area contributed by atoms with Gasteiger partial charge in [0, 0.05) is 25.1 Å². The summed E-state index contributed by atoms with van der Waals surface area (Å²) in [6.07, 6.45) is 6.18. The molecule has 2 heterocycles. The van der Waals surface area contributed by atoms with E-state index in [1.807, 2.05) is 18.4 Å². The van der Waals surface area contributed by atoms with E-state index in [2.05, 4.69) is 17.3 Å². The Bertz CT molecular complexity index is 442. The number of fused-ring (bicyclic) bond motifs is 1. The van der Waals surface area contributed by atoms with Crippen LogP contribution in [0.1, 0.15) is 42.3 Å². The monoisotopic (exact) mass is 295 g/mol. The van der Waals surface area contributed by atoms with Crippen LogP contribution in [0.2, 0.25) is 0 Å². The number of thiazole rings is 1. The van der Waals surface area contributed by atoms with Crippen LogP contribution in [0, 0.1) is 5.92 Å². The smallest absolute Gasteiger partial charge is 0.185 e. The molecule has 0 bridgehead atoms. The summed E-state index contributed by atoms with van der Waals surface area (Å²) in [5, 5.41) is 4.58. The number of nitrogens with one attached hydrogen (secondary N) is 1. The SMILES string of the molecule is CNC1CCCc2sc(N(C)CC3CCCOC3)nc21. The molecule has 2 aliphatic rings. The summed E-state index contributed by atoms with van der Waals surface area (Å²) < 4.78 is 5.58. The Morgan fingerprint density at radius 2 is 2.30 bits per heavy atom. The summed E-state index contributed by atoms with van der Waals surface area (Å²) in [4.78, 5) is 8.72. The first-order valence-corrected chi connectivity index (χ1v) is 8.55. The Labute approximate surface area is 125 Å². The van der Waals surface area contributed by atoms with E-state index >= 15 is 0 Å². The van der Waals surface area contributed by atoms with Gasteiger partial charge in [0.2, 0.25) is 0 Å². The van der Waals surface area contributed by atoms with E-state index in [-0.39, 0.29) is 0 Å². The summed E-state index contributed by atoms with van der Waals surface area (Å²) in [5.74, 6) is 0.662. The zero-order valence-electron chi connectivity index (χ0n) is 12.5. The van der Waals surface area contributed by atoms with Gasteiger partial charge in [0.15, 0.2) is 5.13 Å². The van der Waals surface area contributed by atoms with Crippen molar-refractivity contribution in [3.63, 3.8) is 0 Å². The minimum absolute atomic E-state index is 0.454. The summed E-state index contributed by atoms with van der Waals surface area (Å²) in [5.41, 5.74) is 1.30. The quantitative estimate of drug-likeness (QED) is 0.926. The average molecular weight is 295 g/mol. The lowest BCUT2D eigenvalue weighted by atomic mass is 9.98. The zero-order valence-corrected chi connectivity index (χ0v) is 13.3. The van der Waals surface area contributed by atoms with E-state index in [1.165, 1.54) is 47.8 Å². The minimum atomic E-state index is 0.454. The number of hydrogen-bond donors (Lipinski definition) is 1. The largest absolute Gasteiger partial charge is 0.381 e. The molecule has 4 nitrogen and oxygen atoms in total. The van der Waals surface area contributed by atoms with Crippen LogP contribution in [-0.4, -0.2) is 38.8 Å². The molecule has 1 aromatic rings. The zero-order chi connectivity index (χ0) is 13.9. The van der Waals surface area contributed by atoms with Gasteiger partial charge in [-0.1, -0.05) is 0 Å². The van der Waals surface area contributed by atoms with E-state index in [1.54, 1.807) is 0 Å². The average Bonchev–Trinajstić information content (AvgIpc) is 2.92. The van der Waals surface area contributed by atoms with Crippen molar-refractivity contribution in [3.05, 3.63) is 10.6 Å². The molecule has 0 amide bonds. The number of anilines is 1. The Balaban J connectivity index is 1.68. The Morgan fingerprint density at radius 1 is 1.40 bits per heavy atom. The third-order valence-corrected chi connectivity index (χ3v) is 5.65. The highest BCUT2D eigenvalue weighted by atomic mass is 32.1. The highest BCUT2D eigenvalue weighted by Gasteiger charge is 2.25. The van der Waals surface area contributed by atoms with Gasteiger partial charge >= 0.3 is 0 Å². The highest BCUT2D eigenvalue weighted by molar-refractivity contribution is 7.15. The molecule has 1 fully saturated rings. The molecule has 1 saturated heterocycles. The minimum Gasteiger partial charge on any atom is -0.381 e. The first-order chi connectivity index (χ1) is 9.78. The predicted molar refractivity (Wildman–Crippen MR) is 83.7 cm³/mol. The summed E-state index contributed by atoms with van der Waals surface area (Å²) in [6, 6.07) is 0.454. The lowest BCUT2D eigenvalue weighted by Crippen LogP contribution is -2.30. The van der Waals surface area contributed by atoms with Crippen LogP contribution in [0.4, 0.5) is 5.13 Å². The second kappa shape index (κ2) is 6.41. The van der Waals surface area contributed by atoms with Gasteiger partial charge in [-0.15, -0.1) is 11.3 Å². The van der Waals surface area contributed by atoms with Crippen LogP contribution in [-0.2, 0) is 11.2 Å². The van der Waals surface area contributed by atoms with Gasteiger partial charge in [0.05, 0.1) is 18.3 Å². The fourth-order valence-electron chi connectivity index (χ4n) is 3.27. The van der Waals surface area contributed by atoms with Crippen LogP contribution in [0.15, 0.2) is 0 Å². The van der Waals surface area contributed by atoms with Crippen LogP contribution >= 0.6 is 11.3 Å². The maximum atomic E-state index is 5.58. The molecule has 3 rings (SSSR count). The Morgan fingerprint density at radius 3 is 3.05 bits per heavy atom. The predicted octanol–water partition coefficient (Wildman–Crippen LogP) is 2.60. The van der Waals surface area contributed by atoms with E-state index in [4.69, 9.17) is 9.72 Å². The molecule has 112 valence electrons. The first kappa shape index (κ1) is 14.3. The fraction of sp³-hybridized carbons (Fsp3) is 0.800. The van der Waals surface area contributed by atoms with Crippen molar-refractivity contribution in [2.24, 2.45) is 5.92 Å². The van der Waals surface area contributed by atoms with Gasteiger partial charge < -0.3 is 15.0 Å². The van der Waals surface area contributed by atoms with Crippen LogP contribution in [0.25, 0.3) is 0 Å². The van der Waals surface area contributed by atoms with Gasteiger partial charge in [-0.3, -0.25) is 0 Å². The maximum absolute atomic E-state index is 5.58. The van der Waals surface area contributed by atoms with Crippen LogP contribution < -0.4 is 10.2 Å². The maximum Gasteiger partial charge on any atom is 0.185 e. The van der Waals surface area contributed by atoms with Crippen molar-refractivity contribution >= 4 is 16.5 Å². The summed E-state index contributed by atoms with van der Waals surface area (Å²) >= 11 is 1.89. The molecule has 1 N–H and O–H groups in total. The molecule has 20 heavy (non-hydrogen) atoms. The van der Waals surface area contributed by atoms with Crippen molar-refractivity contribution in [2.75, 3.05) is 38.8 Å². The van der Waals surface area contributed by atoms with Crippen LogP contribution in [0.5, 0.6) is 0 Å². The fourth-order valence-corrected chi connectivity index (χ4v) is 4.40. The molecule has 2 unspecified atom stereocenters. The number of hydrogen-bond acceptors (Lipinski definition) is 5. The molecule has 1 aromatic heterocycles. The van der Waals surface area contributed by atoms with Crippen molar-refractivity contribution < 1.29 is 4.74 Å². The van der Waals surface area contributed by atoms with Gasteiger partial charge in [0.25, 0.3) is 0 Å². The molecule has 0 radical (unpaired) electrons. The number of aromatic nitrogens is 1. The Hall–Kier alpha value is -0.650. The molecule has 5 heteroatoms. The molecule has 0 aromatic carbocycles. The van der Waals surface area contributed by atoms with Gasteiger partial charge in [-0.05, 0) is 45.1 Å². The molecule has 2 atom stereocenters. The number of rotatable bonds is 4. The third kappa shape index (κ3) is 3.00. The van der Waals surface area contributed by atoms with E-state index in [0.717, 1.165) is 19.8 Å². The lowest BCUT2D eigenvalue weighted by Gasteiger charge is -2.26. The van der Waals surface area contributed by atoms with Gasteiger partial charge in [0.1, 0.15) is 0 Å². The van der Waals surface area contributed by atoms with Gasteiger partial charge in [-0.25, -0.2) is 4.98 Å². The van der Waals surface area contributed by atoms with Crippen LogP contribution in [0.3, 0.4) is 0 Å². The molecular weight excluding hydrogens is 270 g/mol. The topological polar surface area (TPSA) is 37.4 Å². The second-order valence-corrected chi connectivity index (χ2v) is 7.06. The lowest BCUT2D eigenvalue weighted by molar-refractivity contribution is 0.0576. The van der Waals surface area contributed by atoms with E-state index < -0.39 is 0 Å². The molecule has 1 aliphatic carbocycles. The summed E-state index contributed by atoms with van der Waals surface area (Å²) in [7, 11) is 4.22. The Kier molecular flexibility index (Phi) is 4.58. The van der Waals surface area contributed by atoms with Crippen molar-refractivity contribution in [2.45, 2.75) is 38.1 Å². The summed E-state index contributed by atoms with van der Waals surface area (Å²) in [6.45, 7) is 2.92.